The molecule has 0 aromatic heterocycles. The van der Waals surface area contributed by atoms with Gasteiger partial charge >= 0.3 is 12.2 Å². The number of ether oxygens (including phenoxy) is 2. The van der Waals surface area contributed by atoms with Gasteiger partial charge in [-0.25, -0.2) is 9.59 Å². The van der Waals surface area contributed by atoms with Gasteiger partial charge in [0.1, 0.15) is 12.2 Å². The highest BCUT2D eigenvalue weighted by atomic mass is 32.2. The van der Waals surface area contributed by atoms with Crippen molar-refractivity contribution < 1.29 is 19.1 Å². The molecule has 42 heavy (non-hydrogen) atoms. The number of aryl methyl sites for hydroxylation is 4. The van der Waals surface area contributed by atoms with Crippen LogP contribution in [0.1, 0.15) is 48.9 Å². The molecule has 0 aliphatic carbocycles. The molecule has 2 aromatic rings. The molecule has 4 fully saturated rings. The number of rotatable bonds is 6. The molecule has 4 saturated heterocycles. The Hall–Kier alpha value is -2.98. The Balaban J connectivity index is 0.000000168. The summed E-state index contributed by atoms with van der Waals surface area (Å²) in [6, 6.07) is 8.39. The van der Waals surface area contributed by atoms with E-state index in [2.05, 4.69) is 73.5 Å². The molecule has 0 spiro atoms. The lowest BCUT2D eigenvalue weighted by Crippen LogP contribution is -2.35. The van der Waals surface area contributed by atoms with E-state index in [9.17, 15) is 9.59 Å². The van der Waals surface area contributed by atoms with Crippen molar-refractivity contribution in [3.8, 4) is 0 Å². The summed E-state index contributed by atoms with van der Waals surface area (Å²) in [5, 5.41) is 0. The topological polar surface area (TPSA) is 65.6 Å². The minimum atomic E-state index is -0.225. The van der Waals surface area contributed by atoms with Gasteiger partial charge in [0, 0.05) is 22.7 Å². The molecule has 4 aliphatic heterocycles. The normalized spacial score (nSPS) is 22.4. The van der Waals surface area contributed by atoms with Gasteiger partial charge in [0.05, 0.1) is 36.6 Å². The SMILES string of the molecule is C=S1CN(c2c(C)cc(N3C[C@H](CC)OC3=O)cc2C)C1.C=S1CN(c2c(C)cc(N3C[C@H](CC)OC3=O)cc2C)C1. The number of anilines is 4. The molecule has 8 nitrogen and oxygen atoms in total. The van der Waals surface area contributed by atoms with Crippen LogP contribution in [0.3, 0.4) is 0 Å². The third kappa shape index (κ3) is 6.06. The highest BCUT2D eigenvalue weighted by Gasteiger charge is 2.33. The van der Waals surface area contributed by atoms with Gasteiger partial charge in [-0.1, -0.05) is 25.6 Å². The molecule has 2 atom stereocenters. The van der Waals surface area contributed by atoms with Crippen molar-refractivity contribution in [3.63, 3.8) is 0 Å². The van der Waals surface area contributed by atoms with E-state index in [0.717, 1.165) is 47.7 Å². The summed E-state index contributed by atoms with van der Waals surface area (Å²) in [5.74, 6) is 12.4. The lowest BCUT2D eigenvalue weighted by molar-refractivity contribution is 0.138. The van der Waals surface area contributed by atoms with Gasteiger partial charge in [-0.15, -0.1) is 0 Å². The number of carbonyl (C=O) groups excluding carboxylic acids is 2. The van der Waals surface area contributed by atoms with Crippen molar-refractivity contribution in [3.05, 3.63) is 46.5 Å². The van der Waals surface area contributed by atoms with E-state index in [-0.39, 0.29) is 45.4 Å². The van der Waals surface area contributed by atoms with Crippen molar-refractivity contribution in [2.75, 3.05) is 56.2 Å². The number of benzene rings is 2. The van der Waals surface area contributed by atoms with Gasteiger partial charge in [-0.2, -0.15) is 21.0 Å². The van der Waals surface area contributed by atoms with Gasteiger partial charge in [-0.05, 0) is 87.1 Å². The Kier molecular flexibility index (Phi) is 8.94. The summed E-state index contributed by atoms with van der Waals surface area (Å²) in [4.78, 5) is 32.2. The number of carbonyl (C=O) groups is 2. The van der Waals surface area contributed by atoms with E-state index < -0.39 is 0 Å². The maximum atomic E-state index is 12.0. The van der Waals surface area contributed by atoms with Crippen molar-refractivity contribution in [1.29, 1.82) is 0 Å². The van der Waals surface area contributed by atoms with Crippen LogP contribution in [0, 0.1) is 27.7 Å². The zero-order chi connectivity index (χ0) is 30.3. The molecule has 0 N–H and O–H groups in total. The van der Waals surface area contributed by atoms with E-state index in [1.807, 2.05) is 13.8 Å². The van der Waals surface area contributed by atoms with Gasteiger partial charge in [0.15, 0.2) is 0 Å². The summed E-state index contributed by atoms with van der Waals surface area (Å²) < 4.78 is 10.7. The third-order valence-electron chi connectivity index (χ3n) is 8.22. The van der Waals surface area contributed by atoms with Crippen LogP contribution in [0.4, 0.5) is 32.3 Å². The smallest absolute Gasteiger partial charge is 0.414 e. The van der Waals surface area contributed by atoms with Crippen LogP contribution in [0.5, 0.6) is 0 Å². The first kappa shape index (κ1) is 30.5. The van der Waals surface area contributed by atoms with Crippen LogP contribution in [-0.2, 0) is 9.47 Å². The first-order valence-corrected chi connectivity index (χ1v) is 18.1. The number of hydrogen-bond donors (Lipinski definition) is 0. The molecule has 10 heteroatoms. The lowest BCUT2D eigenvalue weighted by Gasteiger charge is -2.38. The number of cyclic esters (lactones) is 2. The van der Waals surface area contributed by atoms with Crippen LogP contribution in [0.2, 0.25) is 0 Å². The standard InChI is InChI=1S/2C16H22N2O2S/c2*1-5-14-8-18(16(19)20-14)13-6-11(2)15(12(3)7-13)17-9-21(4)10-17/h2*6-7,14H,4-5,8-10H2,1-3H3/t2*14-/m00/s1. The van der Waals surface area contributed by atoms with E-state index in [4.69, 9.17) is 9.47 Å². The van der Waals surface area contributed by atoms with Crippen molar-refractivity contribution in [1.82, 2.24) is 0 Å². The number of nitrogens with zero attached hydrogens (tertiary/aromatic N) is 4. The summed E-state index contributed by atoms with van der Waals surface area (Å²) in [6.07, 6.45) is 1.30. The van der Waals surface area contributed by atoms with Crippen LogP contribution in [0.25, 0.3) is 0 Å². The molecule has 2 amide bonds. The predicted molar refractivity (Wildman–Crippen MR) is 181 cm³/mol. The average Bonchev–Trinajstić information content (AvgIpc) is 3.47. The molecule has 0 radical (unpaired) electrons. The molecule has 2 aromatic carbocycles. The maximum Gasteiger partial charge on any atom is 0.414 e. The van der Waals surface area contributed by atoms with E-state index in [0.29, 0.717) is 13.1 Å². The third-order valence-corrected chi connectivity index (χ3v) is 10.9. The monoisotopic (exact) mass is 612 g/mol. The second-order valence-electron chi connectivity index (χ2n) is 11.7. The first-order valence-electron chi connectivity index (χ1n) is 14.6. The molecule has 4 heterocycles. The summed E-state index contributed by atoms with van der Waals surface area (Å²) in [6.45, 7) is 13.9. The zero-order valence-electron chi connectivity index (χ0n) is 25.8. The minimum Gasteiger partial charge on any atom is -0.444 e. The van der Waals surface area contributed by atoms with Crippen LogP contribution in [0.15, 0.2) is 24.3 Å². The van der Waals surface area contributed by atoms with E-state index in [1.165, 1.54) is 33.6 Å². The summed E-state index contributed by atoms with van der Waals surface area (Å²) in [5.41, 5.74) is 9.36. The fourth-order valence-electron chi connectivity index (χ4n) is 6.13. The molecule has 0 saturated carbocycles. The highest BCUT2D eigenvalue weighted by molar-refractivity contribution is 8.15. The average molecular weight is 613 g/mol. The molecular formula is C32H44N4O4S2. The molecule has 0 unspecified atom stereocenters. The molecular weight excluding hydrogens is 569 g/mol. The molecule has 6 rings (SSSR count). The Morgan fingerprint density at radius 3 is 1.21 bits per heavy atom. The van der Waals surface area contributed by atoms with Crippen LogP contribution >= 0.6 is 21.0 Å². The molecule has 4 aliphatic rings. The quantitative estimate of drug-likeness (QED) is 0.329. The van der Waals surface area contributed by atoms with Crippen molar-refractivity contribution in [2.45, 2.75) is 66.6 Å². The Morgan fingerprint density at radius 2 is 0.976 bits per heavy atom. The van der Waals surface area contributed by atoms with E-state index >= 15 is 0 Å². The minimum absolute atomic E-state index is 0.0151. The van der Waals surface area contributed by atoms with Gasteiger partial charge in [0.2, 0.25) is 0 Å². The van der Waals surface area contributed by atoms with Crippen LogP contribution in [-0.4, -0.2) is 72.7 Å². The maximum absolute atomic E-state index is 12.0. The Labute approximate surface area is 255 Å². The Bertz CT molecular complexity index is 1270. The largest absolute Gasteiger partial charge is 0.444 e. The zero-order valence-corrected chi connectivity index (χ0v) is 27.4. The predicted octanol–water partition coefficient (Wildman–Crippen LogP) is 6.95. The number of hydrogen-bond acceptors (Lipinski definition) is 6. The first-order chi connectivity index (χ1) is 20.0. The number of amides is 2. The highest BCUT2D eigenvalue weighted by Crippen LogP contribution is 2.39. The van der Waals surface area contributed by atoms with Gasteiger partial charge < -0.3 is 19.3 Å². The second kappa shape index (κ2) is 12.3. The van der Waals surface area contributed by atoms with Crippen molar-refractivity contribution in [2.24, 2.45) is 0 Å². The lowest BCUT2D eigenvalue weighted by atomic mass is 10.1. The fourth-order valence-corrected chi connectivity index (χ4v) is 8.26. The van der Waals surface area contributed by atoms with Gasteiger partial charge in [-0.3, -0.25) is 9.80 Å². The summed E-state index contributed by atoms with van der Waals surface area (Å²) in [7, 11) is 0.566. The van der Waals surface area contributed by atoms with Crippen LogP contribution < -0.4 is 19.6 Å². The van der Waals surface area contributed by atoms with E-state index in [1.54, 1.807) is 9.80 Å². The van der Waals surface area contributed by atoms with Gasteiger partial charge in [0.25, 0.3) is 0 Å². The second-order valence-corrected chi connectivity index (χ2v) is 15.2. The molecule has 0 bridgehead atoms. The van der Waals surface area contributed by atoms with Crippen molar-refractivity contribution >= 4 is 67.6 Å². The summed E-state index contributed by atoms with van der Waals surface area (Å²) >= 11 is 0. The fraction of sp³-hybridized carbons (Fsp3) is 0.500. The Morgan fingerprint density at radius 1 is 0.667 bits per heavy atom. The molecule has 228 valence electrons.